The fourth-order valence-corrected chi connectivity index (χ4v) is 6.15. The number of aliphatic hydroxyl groups excluding tert-OH is 1. The van der Waals surface area contributed by atoms with Crippen LogP contribution in [-0.2, 0) is 6.61 Å². The van der Waals surface area contributed by atoms with Gasteiger partial charge in [0, 0.05) is 35.5 Å². The van der Waals surface area contributed by atoms with Gasteiger partial charge in [0.1, 0.15) is 23.2 Å². The maximum absolute atomic E-state index is 13.4. The molecule has 1 aliphatic carbocycles. The van der Waals surface area contributed by atoms with Gasteiger partial charge in [-0.25, -0.2) is 4.79 Å². The molecule has 11 nitrogen and oxygen atoms in total. The summed E-state index contributed by atoms with van der Waals surface area (Å²) in [5.41, 5.74) is 3.48. The van der Waals surface area contributed by atoms with E-state index in [0.717, 1.165) is 42.5 Å². The van der Waals surface area contributed by atoms with Crippen molar-refractivity contribution in [3.05, 3.63) is 101 Å². The van der Waals surface area contributed by atoms with Crippen LogP contribution in [0.2, 0.25) is 0 Å². The number of aliphatic hydroxyl groups is 1. The Morgan fingerprint density at radius 3 is 2.52 bits per heavy atom. The number of likely N-dealkylation sites (tertiary alicyclic amines) is 1. The highest BCUT2D eigenvalue weighted by Crippen LogP contribution is 2.38. The van der Waals surface area contributed by atoms with Gasteiger partial charge in [-0.3, -0.25) is 20.7 Å². The maximum atomic E-state index is 13.4. The standard InChI is InChI=1S/C37H48N8O3/c1-24-10-7-8-19-44(24)35(40)45-22-27(15-18-33(45)39)48-31-17-16-30(28-13-5-6-14-29(28)31)42-36(47)43-34(21-32(38)37(2,3)4)41-26-12-9-11-25(20-26)23-46/h5-6,9,11-15,18,20-22,24,30-31,38-41,46H,7-8,10,16-17,19,23H2,1-4H3,(H2,42,43,47)/b34-21+,38-32?,39-33?,40-35?/t24-,30?,31?/m0/s1. The van der Waals surface area contributed by atoms with E-state index in [1.165, 1.54) is 0 Å². The first-order valence-electron chi connectivity index (χ1n) is 16.7. The highest BCUT2D eigenvalue weighted by molar-refractivity contribution is 5.97. The summed E-state index contributed by atoms with van der Waals surface area (Å²) in [6.07, 6.45) is 7.59. The number of fused-ring (bicyclic) bond motifs is 1. The molecule has 2 amide bonds. The van der Waals surface area contributed by atoms with Crippen LogP contribution in [0.5, 0.6) is 5.75 Å². The number of nitrogens with zero attached hydrogens (tertiary/aromatic N) is 2. The number of hydrogen-bond acceptors (Lipinski definition) is 7. The Bertz CT molecular complexity index is 1740. The van der Waals surface area contributed by atoms with Crippen LogP contribution in [0, 0.1) is 21.6 Å². The van der Waals surface area contributed by atoms with E-state index in [-0.39, 0.29) is 30.3 Å². The number of hydrogen-bond donors (Lipinski definition) is 7. The number of carbonyl (C=O) groups excluding carboxylic acids is 1. The number of piperidine rings is 1. The molecule has 1 saturated heterocycles. The normalized spacial score (nSPS) is 19.6. The number of urea groups is 1. The molecule has 1 aromatic heterocycles. The Hall–Kier alpha value is -4.90. The average Bonchev–Trinajstić information content (AvgIpc) is 3.06. The average molecular weight is 653 g/mol. The van der Waals surface area contributed by atoms with Crippen molar-refractivity contribution >= 4 is 23.4 Å². The first-order valence-corrected chi connectivity index (χ1v) is 16.7. The van der Waals surface area contributed by atoms with E-state index in [4.69, 9.17) is 21.0 Å². The topological polar surface area (TPSA) is 162 Å². The summed E-state index contributed by atoms with van der Waals surface area (Å²) in [4.78, 5) is 15.5. The van der Waals surface area contributed by atoms with Crippen LogP contribution in [0.15, 0.2) is 78.8 Å². The third kappa shape index (κ3) is 8.32. The summed E-state index contributed by atoms with van der Waals surface area (Å²) in [5.74, 6) is 1.22. The fraction of sp³-hybridized carbons (Fsp3) is 0.405. The maximum Gasteiger partial charge on any atom is 0.320 e. The molecule has 2 aliphatic rings. The molecule has 48 heavy (non-hydrogen) atoms. The molecule has 0 bridgehead atoms. The highest BCUT2D eigenvalue weighted by Gasteiger charge is 2.30. The highest BCUT2D eigenvalue weighted by atomic mass is 16.5. The van der Waals surface area contributed by atoms with Crippen molar-refractivity contribution in [2.75, 3.05) is 11.9 Å². The first-order chi connectivity index (χ1) is 22.9. The quantitative estimate of drug-likeness (QED) is 0.111. The lowest BCUT2D eigenvalue weighted by atomic mass is 9.85. The Morgan fingerprint density at radius 1 is 1.02 bits per heavy atom. The predicted molar refractivity (Wildman–Crippen MR) is 188 cm³/mol. The zero-order valence-corrected chi connectivity index (χ0v) is 28.3. The van der Waals surface area contributed by atoms with E-state index in [0.29, 0.717) is 41.8 Å². The van der Waals surface area contributed by atoms with Gasteiger partial charge in [0.05, 0.1) is 18.8 Å². The summed E-state index contributed by atoms with van der Waals surface area (Å²) >= 11 is 0. The Kier molecular flexibility index (Phi) is 10.7. The molecule has 2 aromatic carbocycles. The molecule has 2 heterocycles. The Balaban J connectivity index is 1.31. The third-order valence-corrected chi connectivity index (χ3v) is 8.98. The number of rotatable bonds is 8. The van der Waals surface area contributed by atoms with Gasteiger partial charge in [-0.15, -0.1) is 0 Å². The van der Waals surface area contributed by atoms with Crippen molar-refractivity contribution in [3.63, 3.8) is 0 Å². The smallest absolute Gasteiger partial charge is 0.320 e. The van der Waals surface area contributed by atoms with Gasteiger partial charge in [0.15, 0.2) is 0 Å². The molecular weight excluding hydrogens is 604 g/mol. The van der Waals surface area contributed by atoms with Gasteiger partial charge >= 0.3 is 6.03 Å². The van der Waals surface area contributed by atoms with Crippen LogP contribution in [0.4, 0.5) is 10.5 Å². The predicted octanol–water partition coefficient (Wildman–Crippen LogP) is 6.39. The van der Waals surface area contributed by atoms with Gasteiger partial charge < -0.3 is 30.8 Å². The van der Waals surface area contributed by atoms with Crippen molar-refractivity contribution in [1.82, 2.24) is 20.1 Å². The van der Waals surface area contributed by atoms with Gasteiger partial charge in [-0.05, 0) is 80.0 Å². The van der Waals surface area contributed by atoms with Crippen molar-refractivity contribution in [2.24, 2.45) is 5.41 Å². The number of ether oxygens (including phenoxy) is 1. The van der Waals surface area contributed by atoms with Gasteiger partial charge in [0.25, 0.3) is 0 Å². The van der Waals surface area contributed by atoms with Crippen molar-refractivity contribution < 1.29 is 14.6 Å². The van der Waals surface area contributed by atoms with Crippen LogP contribution in [0.25, 0.3) is 0 Å². The second-order valence-corrected chi connectivity index (χ2v) is 13.7. The monoisotopic (exact) mass is 652 g/mol. The SMILES string of the molecule is C[C@H]1CCCCN1C(=N)n1cc(OC2CCC(NC(=O)N/C(=C/C(=N)C(C)(C)C)Nc3cccc(CO)c3)c3ccccc32)ccc1=N. The molecule has 0 spiro atoms. The second-order valence-electron chi connectivity index (χ2n) is 13.7. The molecule has 254 valence electrons. The molecule has 3 atom stereocenters. The van der Waals surface area contributed by atoms with E-state index < -0.39 is 11.4 Å². The Morgan fingerprint density at radius 2 is 1.79 bits per heavy atom. The zero-order chi connectivity index (χ0) is 34.4. The van der Waals surface area contributed by atoms with E-state index in [2.05, 4.69) is 27.8 Å². The summed E-state index contributed by atoms with van der Waals surface area (Å²) in [5, 5.41) is 44.7. The third-order valence-electron chi connectivity index (χ3n) is 8.98. The minimum Gasteiger partial charge on any atom is -0.484 e. The van der Waals surface area contributed by atoms with Crippen molar-refractivity contribution in [2.45, 2.75) is 84.6 Å². The van der Waals surface area contributed by atoms with Crippen LogP contribution < -0.4 is 26.2 Å². The summed E-state index contributed by atoms with van der Waals surface area (Å²) in [7, 11) is 0. The molecule has 0 radical (unpaired) electrons. The van der Waals surface area contributed by atoms with Crippen LogP contribution in [-0.4, -0.2) is 44.9 Å². The van der Waals surface area contributed by atoms with Crippen LogP contribution >= 0.6 is 0 Å². The van der Waals surface area contributed by atoms with E-state index in [1.54, 1.807) is 35.0 Å². The molecule has 11 heteroatoms. The minimum atomic E-state index is -0.429. The molecule has 1 fully saturated rings. The van der Waals surface area contributed by atoms with Gasteiger partial charge in [-0.1, -0.05) is 57.2 Å². The largest absolute Gasteiger partial charge is 0.484 e. The van der Waals surface area contributed by atoms with Gasteiger partial charge in [-0.2, -0.15) is 0 Å². The molecule has 2 unspecified atom stereocenters. The van der Waals surface area contributed by atoms with E-state index in [1.807, 2.05) is 63.2 Å². The number of amides is 2. The Labute approximate surface area is 282 Å². The van der Waals surface area contributed by atoms with Crippen molar-refractivity contribution in [1.29, 1.82) is 16.2 Å². The van der Waals surface area contributed by atoms with E-state index >= 15 is 0 Å². The number of allylic oxidation sites excluding steroid dienone is 1. The number of pyridine rings is 1. The number of nitrogens with one attached hydrogen (secondary N) is 6. The summed E-state index contributed by atoms with van der Waals surface area (Å²) in [6.45, 7) is 8.64. The van der Waals surface area contributed by atoms with Crippen molar-refractivity contribution in [3.8, 4) is 5.75 Å². The number of benzene rings is 2. The second kappa shape index (κ2) is 14.9. The van der Waals surface area contributed by atoms with Crippen LogP contribution in [0.3, 0.4) is 0 Å². The summed E-state index contributed by atoms with van der Waals surface area (Å²) < 4.78 is 8.09. The first kappa shape index (κ1) is 34.4. The molecule has 3 aromatic rings. The lowest BCUT2D eigenvalue weighted by molar-refractivity contribution is 0.170. The molecule has 0 saturated carbocycles. The molecule has 5 rings (SSSR count). The minimum absolute atomic E-state index is 0.108. The fourth-order valence-electron chi connectivity index (χ4n) is 6.15. The number of aromatic nitrogens is 1. The zero-order valence-electron chi connectivity index (χ0n) is 28.3. The van der Waals surface area contributed by atoms with Crippen LogP contribution in [0.1, 0.15) is 88.6 Å². The molecule has 7 N–H and O–H groups in total. The lowest BCUT2D eigenvalue weighted by Crippen LogP contribution is -2.47. The van der Waals surface area contributed by atoms with E-state index in [9.17, 15) is 9.90 Å². The molecule has 1 aliphatic heterocycles. The van der Waals surface area contributed by atoms with Gasteiger partial charge in [0.2, 0.25) is 5.96 Å². The number of carbonyl (C=O) groups is 1. The summed E-state index contributed by atoms with van der Waals surface area (Å²) in [6, 6.07) is 18.2. The molecular formula is C37H48N8O3. The lowest BCUT2D eigenvalue weighted by Gasteiger charge is -2.36. The number of anilines is 1.